The maximum Gasteiger partial charge on any atom is 0.319 e. The Labute approximate surface area is 205 Å². The van der Waals surface area contributed by atoms with Gasteiger partial charge in [-0.3, -0.25) is 14.4 Å². The second-order valence-corrected chi connectivity index (χ2v) is 9.92. The van der Waals surface area contributed by atoms with Gasteiger partial charge < -0.3 is 4.74 Å². The molecule has 0 bridgehead atoms. The minimum absolute atomic E-state index is 0.292. The number of nitrogens with zero attached hydrogens (tertiary/aromatic N) is 1. The van der Waals surface area contributed by atoms with Crippen LogP contribution in [0.1, 0.15) is 22.6 Å². The van der Waals surface area contributed by atoms with Crippen LogP contribution in [0.25, 0.3) is 5.57 Å². The summed E-state index contributed by atoms with van der Waals surface area (Å²) in [5, 5.41) is 0. The van der Waals surface area contributed by atoms with Crippen LogP contribution in [-0.4, -0.2) is 17.8 Å². The van der Waals surface area contributed by atoms with Crippen LogP contribution in [-0.2, 0) is 14.4 Å². The van der Waals surface area contributed by atoms with Gasteiger partial charge in [0.25, 0.3) is 0 Å². The molecule has 3 aromatic rings. The molecule has 0 spiro atoms. The Morgan fingerprint density at radius 3 is 2.38 bits per heavy atom. The van der Waals surface area contributed by atoms with E-state index in [2.05, 4.69) is 15.9 Å². The van der Waals surface area contributed by atoms with E-state index in [1.54, 1.807) is 18.2 Å². The minimum atomic E-state index is -0.835. The molecule has 0 radical (unpaired) electrons. The average molecular weight is 514 g/mol. The van der Waals surface area contributed by atoms with Gasteiger partial charge in [-0.25, -0.2) is 4.90 Å². The number of rotatable bonds is 2. The maximum absolute atomic E-state index is 13.9. The SMILES string of the molecule is Cc1ccc2c(c1)OC(=O)[C@@H]1C2=C[C@H](c2ccccc2)[C@@H]2C(=O)N(c3cccc(Br)c3)C(=O)[C@@H]12. The Morgan fingerprint density at radius 2 is 1.62 bits per heavy atom. The van der Waals surface area contributed by atoms with Gasteiger partial charge in [0.2, 0.25) is 11.8 Å². The lowest BCUT2D eigenvalue weighted by molar-refractivity contribution is -0.142. The van der Waals surface area contributed by atoms with Crippen LogP contribution in [0, 0.1) is 24.7 Å². The standard InChI is InChI=1S/C28H20BrNO4/c1-15-10-11-19-21-14-20(16-6-3-2-4-7-16)23-25(24(21)28(33)34-22(19)12-15)27(32)30(26(23)31)18-9-5-8-17(29)13-18/h2-14,20,23-25H,1H3/t20-,23+,24-,25-/m1/s1. The van der Waals surface area contributed by atoms with Gasteiger partial charge in [0.1, 0.15) is 5.75 Å². The number of carbonyl (C=O) groups excluding carboxylic acids is 3. The van der Waals surface area contributed by atoms with Crippen LogP contribution in [0.2, 0.25) is 0 Å². The first-order valence-electron chi connectivity index (χ1n) is 11.2. The fourth-order valence-electron chi connectivity index (χ4n) is 5.54. The normalized spacial score (nSPS) is 25.3. The first-order valence-corrected chi connectivity index (χ1v) is 12.0. The van der Waals surface area contributed by atoms with E-state index in [-0.39, 0.29) is 17.7 Å². The number of hydrogen-bond acceptors (Lipinski definition) is 4. The molecule has 6 heteroatoms. The largest absolute Gasteiger partial charge is 0.425 e. The summed E-state index contributed by atoms with van der Waals surface area (Å²) >= 11 is 3.43. The summed E-state index contributed by atoms with van der Waals surface area (Å²) in [5.41, 5.74) is 3.97. The van der Waals surface area contributed by atoms with Crippen molar-refractivity contribution in [3.63, 3.8) is 0 Å². The van der Waals surface area contributed by atoms with Crippen LogP contribution >= 0.6 is 15.9 Å². The third kappa shape index (κ3) is 3.09. The van der Waals surface area contributed by atoms with Crippen molar-refractivity contribution in [2.75, 3.05) is 4.90 Å². The number of imide groups is 1. The predicted molar refractivity (Wildman–Crippen MR) is 131 cm³/mol. The Kier molecular flexibility index (Phi) is 4.81. The number of amides is 2. The molecule has 1 fully saturated rings. The molecular weight excluding hydrogens is 494 g/mol. The molecule has 6 rings (SSSR count). The van der Waals surface area contributed by atoms with Crippen molar-refractivity contribution in [3.05, 3.63) is 100 Å². The van der Waals surface area contributed by atoms with Crippen LogP contribution in [0.15, 0.2) is 83.3 Å². The van der Waals surface area contributed by atoms with E-state index in [4.69, 9.17) is 4.74 Å². The number of halogens is 1. The van der Waals surface area contributed by atoms with Crippen molar-refractivity contribution in [2.24, 2.45) is 17.8 Å². The van der Waals surface area contributed by atoms with E-state index >= 15 is 0 Å². The van der Waals surface area contributed by atoms with E-state index in [0.717, 1.165) is 26.7 Å². The molecule has 0 aromatic heterocycles. The van der Waals surface area contributed by atoms with E-state index in [1.807, 2.05) is 67.6 Å². The Morgan fingerprint density at radius 1 is 0.853 bits per heavy atom. The lowest BCUT2D eigenvalue weighted by Gasteiger charge is -2.38. The number of esters is 1. The number of ether oxygens (including phenoxy) is 1. The monoisotopic (exact) mass is 513 g/mol. The summed E-state index contributed by atoms with van der Waals surface area (Å²) in [5.74, 6) is -3.33. The highest BCUT2D eigenvalue weighted by atomic mass is 79.9. The molecule has 2 heterocycles. The highest BCUT2D eigenvalue weighted by Gasteiger charge is 2.60. The molecule has 0 N–H and O–H groups in total. The predicted octanol–water partition coefficient (Wildman–Crippen LogP) is 5.28. The van der Waals surface area contributed by atoms with Gasteiger partial charge in [0.05, 0.1) is 23.4 Å². The molecule has 3 aromatic carbocycles. The second-order valence-electron chi connectivity index (χ2n) is 9.00. The number of aryl methyl sites for hydroxylation is 1. The van der Waals surface area contributed by atoms with Gasteiger partial charge in [-0.1, -0.05) is 70.5 Å². The van der Waals surface area contributed by atoms with Crippen molar-refractivity contribution < 1.29 is 19.1 Å². The van der Waals surface area contributed by atoms with Crippen LogP contribution < -0.4 is 9.64 Å². The summed E-state index contributed by atoms with van der Waals surface area (Å²) in [4.78, 5) is 42.2. The quantitative estimate of drug-likeness (QED) is 0.265. The number of allylic oxidation sites excluding steroid dienone is 1. The molecule has 2 amide bonds. The molecule has 4 atom stereocenters. The summed E-state index contributed by atoms with van der Waals surface area (Å²) in [6.45, 7) is 1.94. The molecule has 2 aliphatic heterocycles. The van der Waals surface area contributed by atoms with Gasteiger partial charge in [-0.15, -0.1) is 0 Å². The topological polar surface area (TPSA) is 63.7 Å². The number of fused-ring (bicyclic) bond motifs is 5. The number of hydrogen-bond donors (Lipinski definition) is 0. The number of benzene rings is 3. The molecule has 5 nitrogen and oxygen atoms in total. The van der Waals surface area contributed by atoms with Gasteiger partial charge in [0.15, 0.2) is 0 Å². The highest BCUT2D eigenvalue weighted by Crippen LogP contribution is 2.54. The van der Waals surface area contributed by atoms with Crippen molar-refractivity contribution in [2.45, 2.75) is 12.8 Å². The zero-order chi connectivity index (χ0) is 23.6. The van der Waals surface area contributed by atoms with Crippen LogP contribution in [0.3, 0.4) is 0 Å². The molecular formula is C28H20BrNO4. The molecule has 3 aliphatic rings. The summed E-state index contributed by atoms with van der Waals surface area (Å²) in [7, 11) is 0. The van der Waals surface area contributed by atoms with Gasteiger partial charge >= 0.3 is 5.97 Å². The smallest absolute Gasteiger partial charge is 0.319 e. The second kappa shape index (κ2) is 7.77. The third-order valence-electron chi connectivity index (χ3n) is 7.00. The number of anilines is 1. The molecule has 34 heavy (non-hydrogen) atoms. The molecule has 0 saturated carbocycles. The van der Waals surface area contributed by atoms with Crippen molar-refractivity contribution >= 4 is 45.0 Å². The maximum atomic E-state index is 13.9. The average Bonchev–Trinajstić information content (AvgIpc) is 3.09. The summed E-state index contributed by atoms with van der Waals surface area (Å²) in [6, 6.07) is 22.6. The Bertz CT molecular complexity index is 1400. The van der Waals surface area contributed by atoms with E-state index in [0.29, 0.717) is 11.4 Å². The van der Waals surface area contributed by atoms with Crippen molar-refractivity contribution in [1.82, 2.24) is 0 Å². The molecule has 1 aliphatic carbocycles. The zero-order valence-corrected chi connectivity index (χ0v) is 19.9. The van der Waals surface area contributed by atoms with E-state index in [1.165, 1.54) is 4.90 Å². The van der Waals surface area contributed by atoms with Crippen molar-refractivity contribution in [1.29, 1.82) is 0 Å². The zero-order valence-electron chi connectivity index (χ0n) is 18.3. The van der Waals surface area contributed by atoms with Crippen LogP contribution in [0.5, 0.6) is 5.75 Å². The molecule has 168 valence electrons. The van der Waals surface area contributed by atoms with Crippen molar-refractivity contribution in [3.8, 4) is 5.75 Å². The Hall–Kier alpha value is -3.51. The summed E-state index contributed by atoms with van der Waals surface area (Å²) in [6.07, 6.45) is 2.01. The Balaban J connectivity index is 1.56. The fraction of sp³-hybridized carbons (Fsp3) is 0.179. The minimum Gasteiger partial charge on any atom is -0.425 e. The third-order valence-corrected chi connectivity index (χ3v) is 7.49. The summed E-state index contributed by atoms with van der Waals surface area (Å²) < 4.78 is 6.47. The van der Waals surface area contributed by atoms with Crippen LogP contribution in [0.4, 0.5) is 5.69 Å². The fourth-order valence-corrected chi connectivity index (χ4v) is 5.93. The lowest BCUT2D eigenvalue weighted by atomic mass is 9.64. The molecule has 0 unspecified atom stereocenters. The number of carbonyl (C=O) groups is 3. The lowest BCUT2D eigenvalue weighted by Crippen LogP contribution is -2.42. The van der Waals surface area contributed by atoms with Gasteiger partial charge in [0, 0.05) is 16.0 Å². The molecule has 1 saturated heterocycles. The van der Waals surface area contributed by atoms with E-state index in [9.17, 15) is 14.4 Å². The van der Waals surface area contributed by atoms with Gasteiger partial charge in [-0.2, -0.15) is 0 Å². The van der Waals surface area contributed by atoms with Gasteiger partial charge in [-0.05, 0) is 47.9 Å². The highest BCUT2D eigenvalue weighted by molar-refractivity contribution is 9.10. The van der Waals surface area contributed by atoms with E-state index < -0.39 is 23.7 Å². The first-order chi connectivity index (χ1) is 16.4. The first kappa shape index (κ1) is 21.1.